The lowest BCUT2D eigenvalue weighted by Crippen LogP contribution is -2.34. The van der Waals surface area contributed by atoms with Gasteiger partial charge in [-0.05, 0) is 32.2 Å². The van der Waals surface area contributed by atoms with E-state index in [9.17, 15) is 9.90 Å². The van der Waals surface area contributed by atoms with Crippen LogP contribution in [0.4, 0.5) is 0 Å². The molecular weight excluding hydrogens is 178 g/mol. The number of hydrogen-bond donors (Lipinski definition) is 1. The summed E-state index contributed by atoms with van der Waals surface area (Å²) in [5.74, 6) is 0.416. The van der Waals surface area contributed by atoms with Crippen LogP contribution in [0.25, 0.3) is 0 Å². The summed E-state index contributed by atoms with van der Waals surface area (Å²) in [5.41, 5.74) is 0. The highest BCUT2D eigenvalue weighted by atomic mass is 16.3. The molecule has 3 nitrogen and oxygen atoms in total. The van der Waals surface area contributed by atoms with Gasteiger partial charge < -0.3 is 5.11 Å². The van der Waals surface area contributed by atoms with Crippen molar-refractivity contribution in [3.8, 4) is 0 Å². The fourth-order valence-corrected chi connectivity index (χ4v) is 2.57. The van der Waals surface area contributed by atoms with E-state index in [4.69, 9.17) is 0 Å². The highest BCUT2D eigenvalue weighted by Gasteiger charge is 2.28. The van der Waals surface area contributed by atoms with Crippen LogP contribution in [0.15, 0.2) is 0 Å². The Kier molecular flexibility index (Phi) is 3.19. The number of nitrogens with zero attached hydrogens (tertiary/aromatic N) is 1. The summed E-state index contributed by atoms with van der Waals surface area (Å²) in [4.78, 5) is 13.6. The minimum atomic E-state index is -0.114. The quantitative estimate of drug-likeness (QED) is 0.680. The van der Waals surface area contributed by atoms with Gasteiger partial charge in [-0.3, -0.25) is 9.69 Å². The molecule has 0 radical (unpaired) electrons. The van der Waals surface area contributed by atoms with Gasteiger partial charge in [-0.2, -0.15) is 0 Å². The van der Waals surface area contributed by atoms with Crippen molar-refractivity contribution in [2.45, 2.75) is 50.7 Å². The summed E-state index contributed by atoms with van der Waals surface area (Å²) in [6, 6.07) is 0.479. The van der Waals surface area contributed by atoms with Crippen LogP contribution in [-0.2, 0) is 4.79 Å². The highest BCUT2D eigenvalue weighted by Crippen LogP contribution is 2.23. The molecule has 2 rings (SSSR count). The Bertz CT molecular complexity index is 217. The molecule has 1 heterocycles. The predicted molar refractivity (Wildman–Crippen MR) is 54.1 cm³/mol. The summed E-state index contributed by atoms with van der Waals surface area (Å²) in [6.45, 7) is 2.04. The zero-order valence-corrected chi connectivity index (χ0v) is 8.61. The first-order valence-corrected chi connectivity index (χ1v) is 5.69. The topological polar surface area (TPSA) is 40.5 Å². The molecule has 1 N–H and O–H groups in total. The van der Waals surface area contributed by atoms with Gasteiger partial charge in [0.15, 0.2) is 0 Å². The lowest BCUT2D eigenvalue weighted by Gasteiger charge is -2.26. The first kappa shape index (κ1) is 10.1. The number of Topliss-reactive ketones (excluding diaryl/α,β-unsaturated/α-hetero) is 1. The Morgan fingerprint density at radius 1 is 1.21 bits per heavy atom. The summed E-state index contributed by atoms with van der Waals surface area (Å²) in [6.07, 6.45) is 5.32. The standard InChI is InChI=1S/C11H19NO2/c13-10-2-1-6-12(7-5-10)9-3-4-11(14)8-9/h9-10,13H,1-8H2. The number of hydrogen-bond acceptors (Lipinski definition) is 3. The van der Waals surface area contributed by atoms with Gasteiger partial charge in [-0.1, -0.05) is 0 Å². The van der Waals surface area contributed by atoms with Crippen LogP contribution >= 0.6 is 0 Å². The van der Waals surface area contributed by atoms with Gasteiger partial charge in [0.25, 0.3) is 0 Å². The molecule has 14 heavy (non-hydrogen) atoms. The van der Waals surface area contributed by atoms with Gasteiger partial charge in [0, 0.05) is 25.4 Å². The zero-order valence-electron chi connectivity index (χ0n) is 8.61. The second-order valence-corrected chi connectivity index (χ2v) is 4.56. The van der Waals surface area contributed by atoms with Crippen LogP contribution in [0.1, 0.15) is 38.5 Å². The first-order chi connectivity index (χ1) is 6.75. The summed E-state index contributed by atoms with van der Waals surface area (Å²) >= 11 is 0. The fraction of sp³-hybridized carbons (Fsp3) is 0.909. The van der Waals surface area contributed by atoms with Gasteiger partial charge in [0.2, 0.25) is 0 Å². The van der Waals surface area contributed by atoms with E-state index in [0.717, 1.165) is 51.6 Å². The van der Waals surface area contributed by atoms with Crippen LogP contribution in [0, 0.1) is 0 Å². The van der Waals surface area contributed by atoms with Crippen molar-refractivity contribution < 1.29 is 9.90 Å². The van der Waals surface area contributed by atoms with Crippen molar-refractivity contribution >= 4 is 5.78 Å². The zero-order chi connectivity index (χ0) is 9.97. The Labute approximate surface area is 85.1 Å². The lowest BCUT2D eigenvalue weighted by atomic mass is 10.2. The van der Waals surface area contributed by atoms with Crippen LogP contribution in [0.2, 0.25) is 0 Å². The van der Waals surface area contributed by atoms with E-state index in [1.54, 1.807) is 0 Å². The molecule has 0 bridgehead atoms. The molecule has 2 fully saturated rings. The number of rotatable bonds is 1. The van der Waals surface area contributed by atoms with Gasteiger partial charge in [-0.15, -0.1) is 0 Å². The van der Waals surface area contributed by atoms with E-state index >= 15 is 0 Å². The van der Waals surface area contributed by atoms with Crippen molar-refractivity contribution in [2.75, 3.05) is 13.1 Å². The molecule has 3 heteroatoms. The summed E-state index contributed by atoms with van der Waals surface area (Å²) < 4.78 is 0. The molecule has 2 aliphatic rings. The van der Waals surface area contributed by atoms with E-state index in [-0.39, 0.29) is 6.10 Å². The summed E-state index contributed by atoms with van der Waals surface area (Å²) in [5, 5.41) is 9.51. The van der Waals surface area contributed by atoms with Crippen molar-refractivity contribution in [3.63, 3.8) is 0 Å². The number of carbonyl (C=O) groups excluding carboxylic acids is 1. The van der Waals surface area contributed by atoms with Gasteiger partial charge >= 0.3 is 0 Å². The second-order valence-electron chi connectivity index (χ2n) is 4.56. The minimum Gasteiger partial charge on any atom is -0.393 e. The molecule has 1 aliphatic carbocycles. The van der Waals surface area contributed by atoms with E-state index < -0.39 is 0 Å². The van der Waals surface area contributed by atoms with Gasteiger partial charge in [-0.25, -0.2) is 0 Å². The van der Waals surface area contributed by atoms with E-state index in [2.05, 4.69) is 4.90 Å². The molecule has 2 atom stereocenters. The Morgan fingerprint density at radius 3 is 2.79 bits per heavy atom. The van der Waals surface area contributed by atoms with Crippen LogP contribution in [0.5, 0.6) is 0 Å². The third-order valence-electron chi connectivity index (χ3n) is 3.47. The van der Waals surface area contributed by atoms with Crippen molar-refractivity contribution in [3.05, 3.63) is 0 Å². The molecule has 0 amide bonds. The number of likely N-dealkylation sites (tertiary alicyclic amines) is 1. The molecule has 1 saturated heterocycles. The molecule has 1 saturated carbocycles. The Balaban J connectivity index is 1.87. The normalized spacial score (nSPS) is 35.9. The van der Waals surface area contributed by atoms with Crippen molar-refractivity contribution in [1.29, 1.82) is 0 Å². The van der Waals surface area contributed by atoms with Crippen LogP contribution in [-0.4, -0.2) is 41.0 Å². The third kappa shape index (κ3) is 2.34. The molecule has 0 aromatic rings. The highest BCUT2D eigenvalue weighted by molar-refractivity contribution is 5.81. The fourth-order valence-electron chi connectivity index (χ4n) is 2.57. The van der Waals surface area contributed by atoms with Crippen LogP contribution < -0.4 is 0 Å². The monoisotopic (exact) mass is 197 g/mol. The Morgan fingerprint density at radius 2 is 2.07 bits per heavy atom. The average Bonchev–Trinajstić information content (AvgIpc) is 2.46. The first-order valence-electron chi connectivity index (χ1n) is 5.69. The van der Waals surface area contributed by atoms with Gasteiger partial charge in [0.05, 0.1) is 6.10 Å². The van der Waals surface area contributed by atoms with Crippen molar-refractivity contribution in [2.24, 2.45) is 0 Å². The molecule has 0 aromatic carbocycles. The Hall–Kier alpha value is -0.410. The smallest absolute Gasteiger partial charge is 0.134 e. The predicted octanol–water partition coefficient (Wildman–Crippen LogP) is 0.955. The largest absolute Gasteiger partial charge is 0.393 e. The van der Waals surface area contributed by atoms with Crippen LogP contribution in [0.3, 0.4) is 0 Å². The number of aliphatic hydroxyl groups excluding tert-OH is 1. The number of aliphatic hydroxyl groups is 1. The SMILES string of the molecule is O=C1CCC(N2CCCC(O)CC2)C1. The number of ketones is 1. The maximum Gasteiger partial charge on any atom is 0.134 e. The van der Waals surface area contributed by atoms with E-state index in [0.29, 0.717) is 11.8 Å². The summed E-state index contributed by atoms with van der Waals surface area (Å²) in [7, 11) is 0. The second kappa shape index (κ2) is 4.41. The molecular formula is C11H19NO2. The van der Waals surface area contributed by atoms with Gasteiger partial charge in [0.1, 0.15) is 5.78 Å². The molecule has 80 valence electrons. The molecule has 1 aliphatic heterocycles. The van der Waals surface area contributed by atoms with E-state index in [1.807, 2.05) is 0 Å². The number of carbonyl (C=O) groups is 1. The minimum absolute atomic E-state index is 0.114. The van der Waals surface area contributed by atoms with Crippen molar-refractivity contribution in [1.82, 2.24) is 4.90 Å². The third-order valence-corrected chi connectivity index (χ3v) is 3.47. The molecule has 2 unspecified atom stereocenters. The average molecular weight is 197 g/mol. The molecule has 0 spiro atoms. The maximum absolute atomic E-state index is 11.2. The van der Waals surface area contributed by atoms with E-state index in [1.165, 1.54) is 0 Å². The molecule has 0 aromatic heterocycles. The lowest BCUT2D eigenvalue weighted by molar-refractivity contribution is -0.117. The maximum atomic E-state index is 11.2.